The Kier molecular flexibility index (Phi) is 2.60. The summed E-state index contributed by atoms with van der Waals surface area (Å²) < 4.78 is 12.7. The minimum absolute atomic E-state index is 0.216. The van der Waals surface area contributed by atoms with Crippen molar-refractivity contribution in [2.45, 2.75) is 57.3 Å². The van der Waals surface area contributed by atoms with E-state index in [1.165, 1.54) is 25.7 Å². The Labute approximate surface area is 110 Å². The summed E-state index contributed by atoms with van der Waals surface area (Å²) in [5.41, 5.74) is 0. The van der Waals surface area contributed by atoms with Gasteiger partial charge in [-0.05, 0) is 49.9 Å². The summed E-state index contributed by atoms with van der Waals surface area (Å²) in [6, 6.07) is 0. The molecular formula is C16H24O2. The molecule has 0 aromatic heterocycles. The van der Waals surface area contributed by atoms with Gasteiger partial charge in [-0.2, -0.15) is 0 Å². The highest BCUT2D eigenvalue weighted by molar-refractivity contribution is 5.11. The van der Waals surface area contributed by atoms with Crippen molar-refractivity contribution in [3.8, 4) is 0 Å². The van der Waals surface area contributed by atoms with Crippen molar-refractivity contribution in [2.75, 3.05) is 6.61 Å². The quantitative estimate of drug-likeness (QED) is 0.611. The van der Waals surface area contributed by atoms with E-state index in [4.69, 9.17) is 9.47 Å². The van der Waals surface area contributed by atoms with E-state index in [-0.39, 0.29) is 5.79 Å². The van der Waals surface area contributed by atoms with Gasteiger partial charge in [0, 0.05) is 12.3 Å². The Bertz CT molecular complexity index is 360. The van der Waals surface area contributed by atoms with Crippen molar-refractivity contribution in [3.05, 3.63) is 12.2 Å². The number of hydrogen-bond donors (Lipinski definition) is 0. The molecule has 2 aliphatic carbocycles. The molecule has 2 aliphatic heterocycles. The topological polar surface area (TPSA) is 18.5 Å². The first-order chi connectivity index (χ1) is 8.78. The second kappa shape index (κ2) is 4.08. The molecule has 4 rings (SSSR count). The molecule has 2 heteroatoms. The fourth-order valence-electron chi connectivity index (χ4n) is 4.97. The molecule has 2 bridgehead atoms. The lowest BCUT2D eigenvalue weighted by Gasteiger charge is -2.53. The Morgan fingerprint density at radius 3 is 3.00 bits per heavy atom. The summed E-state index contributed by atoms with van der Waals surface area (Å²) in [7, 11) is 0. The summed E-state index contributed by atoms with van der Waals surface area (Å²) in [6.07, 6.45) is 12.8. The fraction of sp³-hybridized carbons (Fsp3) is 0.875. The molecule has 18 heavy (non-hydrogen) atoms. The molecule has 0 aromatic carbocycles. The lowest BCUT2D eigenvalue weighted by molar-refractivity contribution is -0.334. The third-order valence-corrected chi connectivity index (χ3v) is 5.80. The van der Waals surface area contributed by atoms with Crippen LogP contribution in [0.25, 0.3) is 0 Å². The smallest absolute Gasteiger partial charge is 0.172 e. The number of fused-ring (bicyclic) bond motifs is 1. The van der Waals surface area contributed by atoms with E-state index < -0.39 is 0 Å². The first kappa shape index (κ1) is 11.5. The summed E-state index contributed by atoms with van der Waals surface area (Å²) in [6.45, 7) is 3.30. The fourth-order valence-corrected chi connectivity index (χ4v) is 4.97. The van der Waals surface area contributed by atoms with Crippen LogP contribution in [0.5, 0.6) is 0 Å². The van der Waals surface area contributed by atoms with Gasteiger partial charge in [0.15, 0.2) is 5.79 Å². The molecule has 0 radical (unpaired) electrons. The van der Waals surface area contributed by atoms with Crippen LogP contribution in [0.15, 0.2) is 12.2 Å². The largest absolute Gasteiger partial charge is 0.349 e. The Morgan fingerprint density at radius 2 is 2.06 bits per heavy atom. The van der Waals surface area contributed by atoms with Crippen LogP contribution in [-0.2, 0) is 9.47 Å². The van der Waals surface area contributed by atoms with Crippen LogP contribution in [-0.4, -0.2) is 18.5 Å². The van der Waals surface area contributed by atoms with Gasteiger partial charge < -0.3 is 9.47 Å². The van der Waals surface area contributed by atoms with E-state index in [1.807, 2.05) is 0 Å². The minimum atomic E-state index is -0.216. The van der Waals surface area contributed by atoms with Crippen LogP contribution in [0.3, 0.4) is 0 Å². The molecule has 6 atom stereocenters. The van der Waals surface area contributed by atoms with Gasteiger partial charge in [-0.25, -0.2) is 0 Å². The second-order valence-electron chi connectivity index (χ2n) is 6.76. The van der Waals surface area contributed by atoms with Crippen LogP contribution in [0.4, 0.5) is 0 Å². The Balaban J connectivity index is 1.77. The third kappa shape index (κ3) is 1.55. The van der Waals surface area contributed by atoms with Gasteiger partial charge in [-0.1, -0.05) is 19.1 Å². The summed E-state index contributed by atoms with van der Waals surface area (Å²) in [5, 5.41) is 0. The normalized spacial score (nSPS) is 54.6. The van der Waals surface area contributed by atoms with Gasteiger partial charge in [0.1, 0.15) is 0 Å². The van der Waals surface area contributed by atoms with Crippen LogP contribution < -0.4 is 0 Å². The van der Waals surface area contributed by atoms with E-state index >= 15 is 0 Å². The van der Waals surface area contributed by atoms with Crippen molar-refractivity contribution < 1.29 is 9.47 Å². The molecule has 2 heterocycles. The van der Waals surface area contributed by atoms with Crippen molar-refractivity contribution in [3.63, 3.8) is 0 Å². The molecule has 100 valence electrons. The maximum Gasteiger partial charge on any atom is 0.172 e. The van der Waals surface area contributed by atoms with Crippen LogP contribution in [0, 0.1) is 23.7 Å². The molecule has 2 nitrogen and oxygen atoms in total. The van der Waals surface area contributed by atoms with Crippen molar-refractivity contribution >= 4 is 0 Å². The molecule has 0 aromatic rings. The van der Waals surface area contributed by atoms with Gasteiger partial charge in [-0.3, -0.25) is 0 Å². The Morgan fingerprint density at radius 1 is 1.11 bits per heavy atom. The number of hydrogen-bond acceptors (Lipinski definition) is 2. The number of allylic oxidation sites excluding steroid dienone is 2. The van der Waals surface area contributed by atoms with Gasteiger partial charge in [0.05, 0.1) is 12.7 Å². The summed E-state index contributed by atoms with van der Waals surface area (Å²) in [4.78, 5) is 0. The number of ether oxygens (including phenoxy) is 2. The minimum Gasteiger partial charge on any atom is -0.349 e. The zero-order valence-corrected chi connectivity index (χ0v) is 11.3. The Hall–Kier alpha value is -0.340. The third-order valence-electron chi connectivity index (χ3n) is 5.80. The zero-order chi connectivity index (χ0) is 12.2. The highest BCUT2D eigenvalue weighted by Gasteiger charge is 2.56. The average Bonchev–Trinajstić information content (AvgIpc) is 2.49. The molecule has 3 fully saturated rings. The van der Waals surface area contributed by atoms with Crippen molar-refractivity contribution in [2.24, 2.45) is 23.7 Å². The molecule has 0 amide bonds. The summed E-state index contributed by atoms with van der Waals surface area (Å²) in [5.74, 6) is 2.59. The first-order valence-electron chi connectivity index (χ1n) is 7.79. The molecule has 4 aliphatic rings. The van der Waals surface area contributed by atoms with Gasteiger partial charge in [-0.15, -0.1) is 0 Å². The molecule has 1 saturated carbocycles. The highest BCUT2D eigenvalue weighted by Crippen LogP contribution is 2.55. The van der Waals surface area contributed by atoms with E-state index in [9.17, 15) is 0 Å². The zero-order valence-electron chi connectivity index (χ0n) is 11.3. The standard InChI is InChI=1S/C16H24O2/c1-11-4-5-12-3-2-9-16-15(12)14(11)7-6-13(18-16)8-10-17-16/h4-5,11-15H,2-3,6-10H2,1H3/t11-,12+,13+,14-,15-,16-/m0/s1. The monoisotopic (exact) mass is 248 g/mol. The predicted molar refractivity (Wildman–Crippen MR) is 70.0 cm³/mol. The van der Waals surface area contributed by atoms with Crippen molar-refractivity contribution in [1.29, 1.82) is 0 Å². The maximum atomic E-state index is 6.47. The van der Waals surface area contributed by atoms with E-state index in [2.05, 4.69) is 19.1 Å². The van der Waals surface area contributed by atoms with Crippen LogP contribution in [0.1, 0.15) is 45.4 Å². The van der Waals surface area contributed by atoms with E-state index in [0.29, 0.717) is 23.9 Å². The SMILES string of the molecule is C[C@H]1C=C[C@H]2CCC[C@@]34OCC[C@@H](CC[C@@H]1[C@H]23)O4. The first-order valence-corrected chi connectivity index (χ1v) is 7.79. The second-order valence-corrected chi connectivity index (χ2v) is 6.76. The predicted octanol–water partition coefficient (Wildman–Crippen LogP) is 3.52. The van der Waals surface area contributed by atoms with Gasteiger partial charge >= 0.3 is 0 Å². The highest BCUT2D eigenvalue weighted by atomic mass is 16.7. The molecule has 1 spiro atoms. The molecule has 0 unspecified atom stereocenters. The lowest BCUT2D eigenvalue weighted by Crippen LogP contribution is -2.56. The van der Waals surface area contributed by atoms with E-state index in [0.717, 1.165) is 25.4 Å². The molecule has 0 N–H and O–H groups in total. The van der Waals surface area contributed by atoms with Crippen LogP contribution in [0.2, 0.25) is 0 Å². The molecular weight excluding hydrogens is 224 g/mol. The lowest BCUT2D eigenvalue weighted by atomic mass is 9.61. The molecule has 2 saturated heterocycles. The average molecular weight is 248 g/mol. The van der Waals surface area contributed by atoms with Crippen LogP contribution >= 0.6 is 0 Å². The summed E-state index contributed by atoms with van der Waals surface area (Å²) >= 11 is 0. The van der Waals surface area contributed by atoms with Crippen molar-refractivity contribution in [1.82, 2.24) is 0 Å². The van der Waals surface area contributed by atoms with Gasteiger partial charge in [0.25, 0.3) is 0 Å². The maximum absolute atomic E-state index is 6.47. The van der Waals surface area contributed by atoms with E-state index in [1.54, 1.807) is 0 Å². The number of rotatable bonds is 0. The van der Waals surface area contributed by atoms with Gasteiger partial charge in [0.2, 0.25) is 0 Å².